The van der Waals surface area contributed by atoms with Gasteiger partial charge in [0.25, 0.3) is 0 Å². The van der Waals surface area contributed by atoms with Crippen molar-refractivity contribution < 1.29 is 4.79 Å². The first-order valence-corrected chi connectivity index (χ1v) is 5.16. The van der Waals surface area contributed by atoms with Crippen LogP contribution in [0.15, 0.2) is 49.2 Å². The highest BCUT2D eigenvalue weighted by Crippen LogP contribution is 2.13. The molecule has 1 heterocycles. The fraction of sp³-hybridized carbons (Fsp3) is 0.0714. The number of aromatic nitrogens is 1. The van der Waals surface area contributed by atoms with Gasteiger partial charge < -0.3 is 4.57 Å². The summed E-state index contributed by atoms with van der Waals surface area (Å²) >= 11 is 0. The number of nitrogens with zero attached hydrogens (tertiary/aromatic N) is 1. The highest BCUT2D eigenvalue weighted by molar-refractivity contribution is 5.80. The van der Waals surface area contributed by atoms with Gasteiger partial charge in [-0.3, -0.25) is 4.79 Å². The predicted molar refractivity (Wildman–Crippen MR) is 65.5 cm³/mol. The van der Waals surface area contributed by atoms with Crippen LogP contribution >= 0.6 is 0 Å². The minimum absolute atomic E-state index is 0.686. The lowest BCUT2D eigenvalue weighted by Gasteiger charge is -2.06. The van der Waals surface area contributed by atoms with E-state index in [1.165, 1.54) is 5.56 Å². The van der Waals surface area contributed by atoms with E-state index in [2.05, 4.69) is 18.7 Å². The zero-order valence-corrected chi connectivity index (χ0v) is 8.97. The maximum atomic E-state index is 10.8. The van der Waals surface area contributed by atoms with Gasteiger partial charge in [-0.15, -0.1) is 0 Å². The minimum atomic E-state index is 0.686. The lowest BCUT2D eigenvalue weighted by Crippen LogP contribution is -2.00. The molecule has 0 unspecified atom stereocenters. The molecule has 16 heavy (non-hydrogen) atoms. The lowest BCUT2D eigenvalue weighted by molar-refractivity contribution is 0.112. The fourth-order valence-corrected chi connectivity index (χ4v) is 1.75. The van der Waals surface area contributed by atoms with E-state index in [4.69, 9.17) is 0 Å². The van der Waals surface area contributed by atoms with Gasteiger partial charge in [0.1, 0.15) is 0 Å². The molecule has 2 rings (SSSR count). The number of aldehydes is 1. The molecule has 1 aromatic heterocycles. The number of carbonyl (C=O) groups excluding carboxylic acids is 1. The molecule has 0 aliphatic rings. The molecular formula is C14H13NO. The van der Waals surface area contributed by atoms with E-state index >= 15 is 0 Å². The molecule has 0 N–H and O–H groups in total. The molecule has 0 saturated carbocycles. The monoisotopic (exact) mass is 211 g/mol. The van der Waals surface area contributed by atoms with Gasteiger partial charge in [-0.2, -0.15) is 0 Å². The average molecular weight is 211 g/mol. The van der Waals surface area contributed by atoms with Crippen molar-refractivity contribution in [2.24, 2.45) is 0 Å². The highest BCUT2D eigenvalue weighted by Gasteiger charge is 2.04. The van der Waals surface area contributed by atoms with Crippen LogP contribution in [0.3, 0.4) is 0 Å². The van der Waals surface area contributed by atoms with E-state index in [1.807, 2.05) is 35.0 Å². The van der Waals surface area contributed by atoms with E-state index in [-0.39, 0.29) is 0 Å². The molecule has 0 saturated heterocycles. The molecule has 0 amide bonds. The lowest BCUT2D eigenvalue weighted by atomic mass is 10.2. The Morgan fingerprint density at radius 3 is 2.56 bits per heavy atom. The van der Waals surface area contributed by atoms with E-state index in [1.54, 1.807) is 6.08 Å². The molecule has 80 valence electrons. The van der Waals surface area contributed by atoms with Crippen LogP contribution in [-0.4, -0.2) is 10.9 Å². The second kappa shape index (κ2) is 4.62. The molecule has 0 aliphatic heterocycles. The summed E-state index contributed by atoms with van der Waals surface area (Å²) in [6.45, 7) is 4.49. The molecule has 0 atom stereocenters. The Labute approximate surface area is 94.8 Å². The van der Waals surface area contributed by atoms with E-state index < -0.39 is 0 Å². The Bertz CT molecular complexity index is 497. The molecule has 0 fully saturated rings. The molecule has 0 spiro atoms. The zero-order chi connectivity index (χ0) is 11.4. The van der Waals surface area contributed by atoms with E-state index in [9.17, 15) is 4.79 Å². The molecule has 2 aromatic rings. The topological polar surface area (TPSA) is 22.0 Å². The summed E-state index contributed by atoms with van der Waals surface area (Å²) in [7, 11) is 0. The fourth-order valence-electron chi connectivity index (χ4n) is 1.75. The van der Waals surface area contributed by atoms with Crippen LogP contribution in [0.4, 0.5) is 0 Å². The summed E-state index contributed by atoms with van der Waals surface area (Å²) in [5, 5.41) is 0. The van der Waals surface area contributed by atoms with Crippen LogP contribution in [0.5, 0.6) is 0 Å². The van der Waals surface area contributed by atoms with E-state index in [0.29, 0.717) is 5.56 Å². The second-order valence-corrected chi connectivity index (χ2v) is 3.59. The zero-order valence-electron chi connectivity index (χ0n) is 8.97. The molecule has 2 nitrogen and oxygen atoms in total. The number of benzene rings is 1. The van der Waals surface area contributed by atoms with Gasteiger partial charge in [0.15, 0.2) is 6.29 Å². The van der Waals surface area contributed by atoms with Gasteiger partial charge in [0, 0.05) is 18.3 Å². The van der Waals surface area contributed by atoms with Gasteiger partial charge >= 0.3 is 0 Å². The Hall–Kier alpha value is -2.09. The number of hydrogen-bond acceptors (Lipinski definition) is 1. The Balaban J connectivity index is 2.32. The van der Waals surface area contributed by atoms with Crippen LogP contribution in [0.2, 0.25) is 0 Å². The maximum Gasteiger partial charge on any atom is 0.152 e. The summed E-state index contributed by atoms with van der Waals surface area (Å²) in [6, 6.07) is 11.9. The molecule has 1 aromatic carbocycles. The van der Waals surface area contributed by atoms with Crippen molar-refractivity contribution in [2.75, 3.05) is 0 Å². The SMILES string of the molecule is C=Cc1c(C=O)ccn1Cc1ccccc1. The molecule has 0 aliphatic carbocycles. The molecule has 0 radical (unpaired) electrons. The van der Waals surface area contributed by atoms with Crippen molar-refractivity contribution in [2.45, 2.75) is 6.54 Å². The average Bonchev–Trinajstić information content (AvgIpc) is 2.72. The largest absolute Gasteiger partial charge is 0.343 e. The van der Waals surface area contributed by atoms with Crippen LogP contribution in [0, 0.1) is 0 Å². The normalized spacial score (nSPS) is 10.0. The summed E-state index contributed by atoms with van der Waals surface area (Å²) in [6.07, 6.45) is 4.49. The first kappa shape index (κ1) is 10.4. The van der Waals surface area contributed by atoms with Gasteiger partial charge in [-0.1, -0.05) is 36.9 Å². The Kier molecular flexibility index (Phi) is 3.01. The summed E-state index contributed by atoms with van der Waals surface area (Å²) < 4.78 is 2.02. The Morgan fingerprint density at radius 1 is 1.19 bits per heavy atom. The third kappa shape index (κ3) is 1.96. The molecular weight excluding hydrogens is 198 g/mol. The van der Waals surface area contributed by atoms with Crippen LogP contribution in [0.25, 0.3) is 6.08 Å². The number of carbonyl (C=O) groups is 1. The van der Waals surface area contributed by atoms with Crippen LogP contribution < -0.4 is 0 Å². The predicted octanol–water partition coefficient (Wildman–Crippen LogP) is 2.99. The quantitative estimate of drug-likeness (QED) is 0.712. The van der Waals surface area contributed by atoms with Gasteiger partial charge in [-0.25, -0.2) is 0 Å². The third-order valence-corrected chi connectivity index (χ3v) is 2.56. The molecule has 0 bridgehead atoms. The van der Waals surface area contributed by atoms with Crippen molar-refractivity contribution in [3.05, 3.63) is 66.0 Å². The van der Waals surface area contributed by atoms with Gasteiger partial charge in [0.2, 0.25) is 0 Å². The van der Waals surface area contributed by atoms with Gasteiger partial charge in [-0.05, 0) is 17.7 Å². The van der Waals surface area contributed by atoms with Crippen LogP contribution in [-0.2, 0) is 6.54 Å². The number of rotatable bonds is 4. The van der Waals surface area contributed by atoms with Crippen molar-refractivity contribution in [3.8, 4) is 0 Å². The van der Waals surface area contributed by atoms with Crippen LogP contribution in [0.1, 0.15) is 21.6 Å². The van der Waals surface area contributed by atoms with Gasteiger partial charge in [0.05, 0.1) is 5.69 Å². The van der Waals surface area contributed by atoms with Crippen molar-refractivity contribution in [3.63, 3.8) is 0 Å². The van der Waals surface area contributed by atoms with E-state index in [0.717, 1.165) is 18.5 Å². The Morgan fingerprint density at radius 2 is 1.94 bits per heavy atom. The highest BCUT2D eigenvalue weighted by atomic mass is 16.1. The van der Waals surface area contributed by atoms with Crippen molar-refractivity contribution >= 4 is 12.4 Å². The third-order valence-electron chi connectivity index (χ3n) is 2.56. The molecule has 2 heteroatoms. The minimum Gasteiger partial charge on any atom is -0.343 e. The van der Waals surface area contributed by atoms with Crippen molar-refractivity contribution in [1.82, 2.24) is 4.57 Å². The number of hydrogen-bond donors (Lipinski definition) is 0. The summed E-state index contributed by atoms with van der Waals surface area (Å²) in [5.74, 6) is 0. The smallest absolute Gasteiger partial charge is 0.152 e. The summed E-state index contributed by atoms with van der Waals surface area (Å²) in [5.41, 5.74) is 2.77. The van der Waals surface area contributed by atoms with Crippen molar-refractivity contribution in [1.29, 1.82) is 0 Å². The second-order valence-electron chi connectivity index (χ2n) is 3.59. The first-order chi connectivity index (χ1) is 7.85. The summed E-state index contributed by atoms with van der Waals surface area (Å²) in [4.78, 5) is 10.8. The standard InChI is InChI=1S/C14H13NO/c1-2-14-13(11-16)8-9-15(14)10-12-6-4-3-5-7-12/h2-9,11H,1,10H2. The first-order valence-electron chi connectivity index (χ1n) is 5.16. The maximum absolute atomic E-state index is 10.8.